The van der Waals surface area contributed by atoms with Gasteiger partial charge in [0.05, 0.1) is 5.69 Å². The first kappa shape index (κ1) is 26.1. The van der Waals surface area contributed by atoms with E-state index in [1.807, 2.05) is 24.3 Å². The minimum Gasteiger partial charge on any atom is -0.470 e. The molecule has 0 fully saturated rings. The molecule has 4 aromatic heterocycles. The van der Waals surface area contributed by atoms with Crippen LogP contribution in [0.25, 0.3) is 27.9 Å². The minimum atomic E-state index is -2.87. The Hall–Kier alpha value is -4.52. The Balaban J connectivity index is 1.32. The van der Waals surface area contributed by atoms with Crippen molar-refractivity contribution in [2.75, 3.05) is 13.7 Å². The second kappa shape index (κ2) is 11.5. The second-order valence-electron chi connectivity index (χ2n) is 8.85. The number of fused-ring (bicyclic) bond motifs is 3. The number of carbonyl (C=O) groups excluding carboxylic acids is 1. The molecule has 5 aromatic rings. The SMILES string of the molecule is COCc1cc(-c2nnc3c4ccccc4c(OCc4ccc(CCC(F)(F)CCNC=O)cn4)nn23)no1. The van der Waals surface area contributed by atoms with Gasteiger partial charge in [0, 0.05) is 49.5 Å². The Kier molecular flexibility index (Phi) is 7.68. The number of nitrogens with zero attached hydrogens (tertiary/aromatic N) is 6. The van der Waals surface area contributed by atoms with Gasteiger partial charge in [0.2, 0.25) is 24.0 Å². The van der Waals surface area contributed by atoms with Crippen LogP contribution in [0.15, 0.2) is 53.2 Å². The lowest BCUT2D eigenvalue weighted by atomic mass is 10.1. The van der Waals surface area contributed by atoms with Gasteiger partial charge >= 0.3 is 0 Å². The Labute approximate surface area is 221 Å². The van der Waals surface area contributed by atoms with E-state index in [1.54, 1.807) is 36.0 Å². The molecule has 11 nitrogen and oxygen atoms in total. The Bertz CT molecular complexity index is 1570. The van der Waals surface area contributed by atoms with Gasteiger partial charge in [0.15, 0.2) is 17.1 Å². The van der Waals surface area contributed by atoms with E-state index in [1.165, 1.54) is 0 Å². The number of methoxy groups -OCH3 is 1. The van der Waals surface area contributed by atoms with Gasteiger partial charge < -0.3 is 19.3 Å². The van der Waals surface area contributed by atoms with Crippen molar-refractivity contribution in [1.82, 2.24) is 35.3 Å². The van der Waals surface area contributed by atoms with Crippen LogP contribution in [0.3, 0.4) is 0 Å². The van der Waals surface area contributed by atoms with E-state index in [2.05, 4.69) is 30.8 Å². The van der Waals surface area contributed by atoms with Gasteiger partial charge in [0.1, 0.15) is 13.2 Å². The van der Waals surface area contributed by atoms with Crippen molar-refractivity contribution in [2.45, 2.75) is 38.4 Å². The summed E-state index contributed by atoms with van der Waals surface area (Å²) in [7, 11) is 1.56. The van der Waals surface area contributed by atoms with Crippen molar-refractivity contribution < 1.29 is 27.6 Å². The fourth-order valence-corrected chi connectivity index (χ4v) is 4.04. The normalized spacial score (nSPS) is 11.8. The molecule has 0 saturated heterocycles. The number of alkyl halides is 2. The first-order valence-corrected chi connectivity index (χ1v) is 12.2. The fourth-order valence-electron chi connectivity index (χ4n) is 4.04. The summed E-state index contributed by atoms with van der Waals surface area (Å²) in [5, 5.41) is 21.0. The van der Waals surface area contributed by atoms with Crippen LogP contribution >= 0.6 is 0 Å². The lowest BCUT2D eigenvalue weighted by Gasteiger charge is -2.15. The summed E-state index contributed by atoms with van der Waals surface area (Å²) < 4.78 is 45.9. The molecule has 0 saturated carbocycles. The van der Waals surface area contributed by atoms with Crippen LogP contribution in [0.1, 0.15) is 29.9 Å². The molecule has 0 unspecified atom stereocenters. The zero-order valence-electron chi connectivity index (χ0n) is 21.0. The molecule has 1 aromatic carbocycles. The number of amides is 1. The summed E-state index contributed by atoms with van der Waals surface area (Å²) in [6.45, 7) is 0.306. The molecule has 13 heteroatoms. The Morgan fingerprint density at radius 1 is 1.10 bits per heavy atom. The van der Waals surface area contributed by atoms with Gasteiger partial charge in [-0.3, -0.25) is 9.78 Å². The lowest BCUT2D eigenvalue weighted by molar-refractivity contribution is -0.109. The first-order chi connectivity index (χ1) is 19.0. The molecule has 0 spiro atoms. The number of rotatable bonds is 13. The average Bonchev–Trinajstić information content (AvgIpc) is 3.58. The second-order valence-corrected chi connectivity index (χ2v) is 8.85. The molecule has 4 heterocycles. The zero-order valence-corrected chi connectivity index (χ0v) is 21.0. The minimum absolute atomic E-state index is 0.0659. The maximum Gasteiger partial charge on any atom is 0.250 e. The van der Waals surface area contributed by atoms with Crippen molar-refractivity contribution in [3.8, 4) is 17.4 Å². The Morgan fingerprint density at radius 2 is 1.95 bits per heavy atom. The van der Waals surface area contributed by atoms with Crippen molar-refractivity contribution in [2.24, 2.45) is 0 Å². The fraction of sp³-hybridized carbons (Fsp3) is 0.308. The van der Waals surface area contributed by atoms with Crippen molar-refractivity contribution in [1.29, 1.82) is 0 Å². The van der Waals surface area contributed by atoms with Crippen LogP contribution in [0.4, 0.5) is 8.78 Å². The highest BCUT2D eigenvalue weighted by molar-refractivity contribution is 5.96. The third-order valence-electron chi connectivity index (χ3n) is 6.05. The van der Waals surface area contributed by atoms with E-state index >= 15 is 0 Å². The number of hydrogen-bond acceptors (Lipinski definition) is 9. The molecule has 0 bridgehead atoms. The third kappa shape index (κ3) is 5.98. The van der Waals surface area contributed by atoms with Gasteiger partial charge in [-0.05, 0) is 24.1 Å². The molecular formula is C26H25F2N7O4. The number of ether oxygens (including phenoxy) is 2. The molecule has 0 aliphatic rings. The zero-order chi connectivity index (χ0) is 27.2. The van der Waals surface area contributed by atoms with Crippen molar-refractivity contribution in [3.63, 3.8) is 0 Å². The number of aryl methyl sites for hydroxylation is 1. The largest absolute Gasteiger partial charge is 0.470 e. The number of aromatic nitrogens is 6. The monoisotopic (exact) mass is 537 g/mol. The highest BCUT2D eigenvalue weighted by Gasteiger charge is 2.27. The molecule has 5 rings (SSSR count). The first-order valence-electron chi connectivity index (χ1n) is 12.2. The quantitative estimate of drug-likeness (QED) is 0.176. The predicted octanol–water partition coefficient (Wildman–Crippen LogP) is 3.76. The average molecular weight is 538 g/mol. The molecular weight excluding hydrogens is 512 g/mol. The molecule has 1 N–H and O–H groups in total. The predicted molar refractivity (Wildman–Crippen MR) is 135 cm³/mol. The number of nitrogens with one attached hydrogen (secondary N) is 1. The highest BCUT2D eigenvalue weighted by Crippen LogP contribution is 2.29. The summed E-state index contributed by atoms with van der Waals surface area (Å²) in [6, 6.07) is 12.7. The molecule has 0 radical (unpaired) electrons. The molecule has 0 aliphatic heterocycles. The lowest BCUT2D eigenvalue weighted by Crippen LogP contribution is -2.24. The summed E-state index contributed by atoms with van der Waals surface area (Å²) in [5.41, 5.74) is 2.27. The summed E-state index contributed by atoms with van der Waals surface area (Å²) >= 11 is 0. The molecule has 0 aliphatic carbocycles. The number of carbonyl (C=O) groups is 1. The van der Waals surface area contributed by atoms with Crippen LogP contribution in [0.5, 0.6) is 5.88 Å². The highest BCUT2D eigenvalue weighted by atomic mass is 19.3. The maximum absolute atomic E-state index is 14.0. The summed E-state index contributed by atoms with van der Waals surface area (Å²) in [5.74, 6) is -1.61. The number of pyridine rings is 1. The van der Waals surface area contributed by atoms with E-state index in [0.717, 1.165) is 10.8 Å². The van der Waals surface area contributed by atoms with E-state index in [9.17, 15) is 13.6 Å². The van der Waals surface area contributed by atoms with Crippen molar-refractivity contribution >= 4 is 22.8 Å². The summed E-state index contributed by atoms with van der Waals surface area (Å²) in [6.07, 6.45) is 1.40. The molecule has 0 atom stereocenters. The van der Waals surface area contributed by atoms with Crippen LogP contribution < -0.4 is 10.1 Å². The number of hydrogen-bond donors (Lipinski definition) is 1. The molecule has 202 valence electrons. The standard InChI is InChI=1S/C26H25F2N7O4/c1-37-15-19-12-22(34-39-19)24-32-31-23-20-4-2-3-5-21(20)25(33-35(23)24)38-14-18-7-6-17(13-30-18)8-9-26(27,28)10-11-29-16-36/h2-7,12-13,16H,8-11,14-15H2,1H3,(H,29,36). The van der Waals surface area contributed by atoms with Crippen LogP contribution in [0.2, 0.25) is 0 Å². The number of benzene rings is 1. The summed E-state index contributed by atoms with van der Waals surface area (Å²) in [4.78, 5) is 14.6. The topological polar surface area (TPSA) is 130 Å². The van der Waals surface area contributed by atoms with Crippen LogP contribution in [0, 0.1) is 0 Å². The maximum atomic E-state index is 14.0. The van der Waals surface area contributed by atoms with Gasteiger partial charge in [0.25, 0.3) is 0 Å². The smallest absolute Gasteiger partial charge is 0.250 e. The van der Waals surface area contributed by atoms with Crippen LogP contribution in [-0.2, 0) is 29.2 Å². The van der Waals surface area contributed by atoms with E-state index in [0.29, 0.717) is 46.5 Å². The van der Waals surface area contributed by atoms with E-state index < -0.39 is 12.3 Å². The van der Waals surface area contributed by atoms with E-state index in [-0.39, 0.29) is 32.6 Å². The van der Waals surface area contributed by atoms with Gasteiger partial charge in [-0.1, -0.05) is 29.4 Å². The van der Waals surface area contributed by atoms with Crippen LogP contribution in [-0.4, -0.2) is 55.9 Å². The third-order valence-corrected chi connectivity index (χ3v) is 6.05. The van der Waals surface area contributed by atoms with Gasteiger partial charge in [-0.15, -0.1) is 15.3 Å². The van der Waals surface area contributed by atoms with Crippen molar-refractivity contribution in [3.05, 3.63) is 65.7 Å². The van der Waals surface area contributed by atoms with E-state index in [4.69, 9.17) is 14.0 Å². The van der Waals surface area contributed by atoms with Gasteiger partial charge in [-0.25, -0.2) is 8.78 Å². The molecule has 39 heavy (non-hydrogen) atoms. The Morgan fingerprint density at radius 3 is 2.72 bits per heavy atom. The van der Waals surface area contributed by atoms with Gasteiger partial charge in [-0.2, -0.15) is 4.52 Å². The molecule has 1 amide bonds. The number of halogens is 2.